The summed E-state index contributed by atoms with van der Waals surface area (Å²) in [5.41, 5.74) is 0.773. The van der Waals surface area contributed by atoms with Crippen LogP contribution in [-0.4, -0.2) is 42.2 Å². The largest absolute Gasteiger partial charge is 0.356 e. The number of carbonyl (C=O) groups is 2. The molecule has 2 aromatic carbocycles. The number of amides is 3. The number of nitrogens with one attached hydrogen (secondary N) is 2. The number of likely N-dealkylation sites (tertiary alicyclic amines) is 1. The zero-order valence-electron chi connectivity index (χ0n) is 16.0. The molecule has 6 heteroatoms. The van der Waals surface area contributed by atoms with Crippen LogP contribution >= 0.6 is 11.8 Å². The Morgan fingerprint density at radius 3 is 2.50 bits per heavy atom. The normalized spacial score (nSPS) is 16.4. The van der Waals surface area contributed by atoms with Gasteiger partial charge in [-0.1, -0.05) is 36.4 Å². The van der Waals surface area contributed by atoms with Crippen molar-refractivity contribution in [3.8, 4) is 0 Å². The van der Waals surface area contributed by atoms with E-state index in [2.05, 4.69) is 22.8 Å². The fraction of sp³-hybridized carbons (Fsp3) is 0.364. The summed E-state index contributed by atoms with van der Waals surface area (Å²) in [5.74, 6) is 0.902. The number of para-hydroxylation sites is 1. The molecule has 0 radical (unpaired) electrons. The minimum absolute atomic E-state index is 0.0573. The Bertz CT molecular complexity index is 755. The van der Waals surface area contributed by atoms with Gasteiger partial charge in [0.2, 0.25) is 5.91 Å². The first-order valence-corrected chi connectivity index (χ1v) is 10.8. The third-order valence-electron chi connectivity index (χ3n) is 4.74. The smallest absolute Gasteiger partial charge is 0.321 e. The van der Waals surface area contributed by atoms with Crippen LogP contribution in [0.1, 0.15) is 19.3 Å². The van der Waals surface area contributed by atoms with Crippen molar-refractivity contribution in [2.75, 3.05) is 30.7 Å². The quantitative estimate of drug-likeness (QED) is 0.543. The van der Waals surface area contributed by atoms with Crippen LogP contribution in [0.2, 0.25) is 0 Å². The van der Waals surface area contributed by atoms with Crippen LogP contribution in [0.3, 0.4) is 0 Å². The molecule has 1 saturated heterocycles. The molecule has 0 spiro atoms. The first-order chi connectivity index (χ1) is 13.7. The van der Waals surface area contributed by atoms with Gasteiger partial charge in [-0.05, 0) is 49.3 Å². The zero-order valence-corrected chi connectivity index (χ0v) is 16.8. The summed E-state index contributed by atoms with van der Waals surface area (Å²) in [7, 11) is 0. The average Bonchev–Trinajstić information content (AvgIpc) is 2.75. The highest BCUT2D eigenvalue weighted by Gasteiger charge is 2.28. The lowest BCUT2D eigenvalue weighted by molar-refractivity contribution is -0.126. The second kappa shape index (κ2) is 10.8. The third kappa shape index (κ3) is 6.30. The molecule has 28 heavy (non-hydrogen) atoms. The molecule has 1 atom stereocenters. The Kier molecular flexibility index (Phi) is 7.79. The fourth-order valence-electron chi connectivity index (χ4n) is 3.23. The number of benzene rings is 2. The molecule has 1 aliphatic rings. The number of nitrogens with zero attached hydrogens (tertiary/aromatic N) is 1. The molecule has 2 aromatic rings. The Hall–Kier alpha value is -2.47. The molecule has 1 unspecified atom stereocenters. The van der Waals surface area contributed by atoms with Crippen LogP contribution in [-0.2, 0) is 4.79 Å². The Balaban J connectivity index is 1.37. The van der Waals surface area contributed by atoms with Crippen LogP contribution < -0.4 is 10.6 Å². The highest BCUT2D eigenvalue weighted by Crippen LogP contribution is 2.19. The van der Waals surface area contributed by atoms with Gasteiger partial charge in [0, 0.05) is 30.2 Å². The van der Waals surface area contributed by atoms with Crippen molar-refractivity contribution in [3.63, 3.8) is 0 Å². The molecule has 0 aliphatic carbocycles. The second-order valence-corrected chi connectivity index (χ2v) is 8.06. The van der Waals surface area contributed by atoms with Crippen molar-refractivity contribution in [1.82, 2.24) is 10.2 Å². The van der Waals surface area contributed by atoms with Gasteiger partial charge in [-0.2, -0.15) is 0 Å². The molecule has 5 nitrogen and oxygen atoms in total. The fourth-order valence-corrected chi connectivity index (χ4v) is 4.11. The number of hydrogen-bond donors (Lipinski definition) is 2. The topological polar surface area (TPSA) is 61.4 Å². The minimum Gasteiger partial charge on any atom is -0.356 e. The molecular weight excluding hydrogens is 370 g/mol. The first kappa shape index (κ1) is 20.3. The SMILES string of the molecule is O=C(NCCCSc1ccccc1)C1CCCN(C(=O)Nc2ccccc2)C1. The van der Waals surface area contributed by atoms with Gasteiger partial charge in [0.25, 0.3) is 0 Å². The maximum atomic E-state index is 12.5. The summed E-state index contributed by atoms with van der Waals surface area (Å²) in [6.45, 7) is 1.84. The van der Waals surface area contributed by atoms with Crippen LogP contribution in [0.5, 0.6) is 0 Å². The minimum atomic E-state index is -0.136. The molecule has 3 amide bonds. The van der Waals surface area contributed by atoms with Crippen LogP contribution in [0, 0.1) is 5.92 Å². The van der Waals surface area contributed by atoms with E-state index in [1.54, 1.807) is 16.7 Å². The van der Waals surface area contributed by atoms with E-state index < -0.39 is 0 Å². The molecular formula is C22H27N3O2S. The predicted octanol–water partition coefficient (Wildman–Crippen LogP) is 4.23. The second-order valence-electron chi connectivity index (χ2n) is 6.89. The van der Waals surface area contributed by atoms with Gasteiger partial charge in [0.05, 0.1) is 5.92 Å². The third-order valence-corrected chi connectivity index (χ3v) is 5.84. The van der Waals surface area contributed by atoms with Crippen LogP contribution in [0.25, 0.3) is 0 Å². The van der Waals surface area contributed by atoms with Gasteiger partial charge in [-0.25, -0.2) is 4.79 Å². The molecule has 0 bridgehead atoms. The van der Waals surface area contributed by atoms with Gasteiger partial charge >= 0.3 is 6.03 Å². The molecule has 1 heterocycles. The van der Waals surface area contributed by atoms with E-state index in [0.29, 0.717) is 19.6 Å². The summed E-state index contributed by atoms with van der Waals surface area (Å²) in [5, 5.41) is 5.94. The van der Waals surface area contributed by atoms with E-state index in [-0.39, 0.29) is 17.9 Å². The molecule has 3 rings (SSSR count). The molecule has 2 N–H and O–H groups in total. The number of piperidine rings is 1. The Labute approximate surface area is 170 Å². The van der Waals surface area contributed by atoms with E-state index in [1.807, 2.05) is 48.5 Å². The predicted molar refractivity (Wildman–Crippen MR) is 115 cm³/mol. The van der Waals surface area contributed by atoms with E-state index in [9.17, 15) is 9.59 Å². The first-order valence-electron chi connectivity index (χ1n) is 9.79. The molecule has 1 aliphatic heterocycles. The molecule has 1 fully saturated rings. The van der Waals surface area contributed by atoms with Gasteiger partial charge in [0.15, 0.2) is 0 Å². The molecule has 0 aromatic heterocycles. The van der Waals surface area contributed by atoms with Crippen LogP contribution in [0.15, 0.2) is 65.6 Å². The lowest BCUT2D eigenvalue weighted by Gasteiger charge is -2.32. The molecule has 0 saturated carbocycles. The van der Waals surface area contributed by atoms with Gasteiger partial charge in [0.1, 0.15) is 0 Å². The zero-order chi connectivity index (χ0) is 19.6. The molecule has 148 valence electrons. The van der Waals surface area contributed by atoms with Crippen LogP contribution in [0.4, 0.5) is 10.5 Å². The Morgan fingerprint density at radius 2 is 1.75 bits per heavy atom. The number of thioether (sulfide) groups is 1. The number of carbonyl (C=O) groups excluding carboxylic acids is 2. The summed E-state index contributed by atoms with van der Waals surface area (Å²) >= 11 is 1.80. The van der Waals surface area contributed by atoms with Crippen molar-refractivity contribution in [3.05, 3.63) is 60.7 Å². The average molecular weight is 398 g/mol. The lowest BCUT2D eigenvalue weighted by Crippen LogP contribution is -2.47. The number of anilines is 1. The van der Waals surface area contributed by atoms with E-state index >= 15 is 0 Å². The van der Waals surface area contributed by atoms with E-state index in [1.165, 1.54) is 4.90 Å². The van der Waals surface area contributed by atoms with E-state index in [4.69, 9.17) is 0 Å². The monoisotopic (exact) mass is 397 g/mol. The van der Waals surface area contributed by atoms with Gasteiger partial charge in [-0.15, -0.1) is 11.8 Å². The number of urea groups is 1. The van der Waals surface area contributed by atoms with Gasteiger partial charge < -0.3 is 15.5 Å². The Morgan fingerprint density at radius 1 is 1.04 bits per heavy atom. The standard InChI is InChI=1S/C22H27N3O2S/c26-21(23-14-8-16-28-20-12-5-2-6-13-20)18-9-7-15-25(17-18)22(27)24-19-10-3-1-4-11-19/h1-6,10-13,18H,7-9,14-17H2,(H,23,26)(H,24,27). The van der Waals surface area contributed by atoms with Crippen molar-refractivity contribution in [2.24, 2.45) is 5.92 Å². The van der Waals surface area contributed by atoms with Crippen molar-refractivity contribution in [2.45, 2.75) is 24.2 Å². The maximum Gasteiger partial charge on any atom is 0.321 e. The summed E-state index contributed by atoms with van der Waals surface area (Å²) in [6, 6.07) is 19.5. The van der Waals surface area contributed by atoms with Crippen molar-refractivity contribution >= 4 is 29.4 Å². The van der Waals surface area contributed by atoms with Crippen molar-refractivity contribution in [1.29, 1.82) is 0 Å². The van der Waals surface area contributed by atoms with Gasteiger partial charge in [-0.3, -0.25) is 4.79 Å². The van der Waals surface area contributed by atoms with Crippen molar-refractivity contribution < 1.29 is 9.59 Å². The summed E-state index contributed by atoms with van der Waals surface area (Å²) in [6.07, 6.45) is 2.61. The highest BCUT2D eigenvalue weighted by molar-refractivity contribution is 7.99. The summed E-state index contributed by atoms with van der Waals surface area (Å²) < 4.78 is 0. The number of hydrogen-bond acceptors (Lipinski definition) is 3. The van der Waals surface area contributed by atoms with E-state index in [0.717, 1.165) is 30.7 Å². The highest BCUT2D eigenvalue weighted by atomic mass is 32.2. The maximum absolute atomic E-state index is 12.5. The lowest BCUT2D eigenvalue weighted by atomic mass is 9.97. The summed E-state index contributed by atoms with van der Waals surface area (Å²) in [4.78, 5) is 27.9. The number of rotatable bonds is 7.